The van der Waals surface area contributed by atoms with Crippen LogP contribution >= 0.6 is 11.3 Å². The standard InChI is InChI=1S/C19H12F4N2O2S/c20-14-7-4-12(9-15(14)21)16-10-28-19(24-16)25-17(26)8-3-11-1-5-13(6-2-11)27-18(22)23/h1-10,18H,(H,24,25,26)/b8-3+. The molecule has 0 aliphatic rings. The van der Waals surface area contributed by atoms with Crippen LogP contribution in [0, 0.1) is 11.6 Å². The number of hydrogen-bond acceptors (Lipinski definition) is 4. The minimum absolute atomic E-state index is 0.0177. The third-order valence-electron chi connectivity index (χ3n) is 3.48. The van der Waals surface area contributed by atoms with Crippen LogP contribution in [0.3, 0.4) is 0 Å². The summed E-state index contributed by atoms with van der Waals surface area (Å²) in [6.07, 6.45) is 2.74. The molecular formula is C19H12F4N2O2S. The molecule has 3 aromatic rings. The average molecular weight is 408 g/mol. The van der Waals surface area contributed by atoms with E-state index in [-0.39, 0.29) is 10.9 Å². The Morgan fingerprint density at radius 3 is 2.54 bits per heavy atom. The number of nitrogens with zero attached hydrogens (tertiary/aromatic N) is 1. The summed E-state index contributed by atoms with van der Waals surface area (Å²) in [5.41, 5.74) is 1.40. The Balaban J connectivity index is 1.61. The first-order valence-corrected chi connectivity index (χ1v) is 8.73. The Morgan fingerprint density at radius 2 is 1.86 bits per heavy atom. The lowest BCUT2D eigenvalue weighted by atomic mass is 10.2. The quantitative estimate of drug-likeness (QED) is 0.442. The van der Waals surface area contributed by atoms with Crippen molar-refractivity contribution in [2.24, 2.45) is 0 Å². The van der Waals surface area contributed by atoms with Gasteiger partial charge in [-0.1, -0.05) is 12.1 Å². The molecule has 1 N–H and O–H groups in total. The zero-order chi connectivity index (χ0) is 20.1. The second kappa shape index (κ2) is 8.66. The molecule has 1 amide bonds. The van der Waals surface area contributed by atoms with E-state index in [0.717, 1.165) is 23.5 Å². The smallest absolute Gasteiger partial charge is 0.387 e. The molecule has 0 spiro atoms. The highest BCUT2D eigenvalue weighted by Crippen LogP contribution is 2.26. The molecule has 28 heavy (non-hydrogen) atoms. The fourth-order valence-corrected chi connectivity index (χ4v) is 2.92. The lowest BCUT2D eigenvalue weighted by Gasteiger charge is -2.03. The van der Waals surface area contributed by atoms with E-state index < -0.39 is 24.2 Å². The van der Waals surface area contributed by atoms with E-state index in [1.54, 1.807) is 5.38 Å². The van der Waals surface area contributed by atoms with Crippen molar-refractivity contribution in [3.8, 4) is 17.0 Å². The molecule has 1 heterocycles. The molecule has 3 rings (SSSR count). The molecule has 0 fully saturated rings. The Kier molecular flexibility index (Phi) is 6.05. The zero-order valence-electron chi connectivity index (χ0n) is 14.0. The third kappa shape index (κ3) is 5.17. The number of amides is 1. The van der Waals surface area contributed by atoms with Crippen LogP contribution in [0.1, 0.15) is 5.56 Å². The molecule has 0 saturated heterocycles. The average Bonchev–Trinajstić information content (AvgIpc) is 3.11. The number of thiazole rings is 1. The van der Waals surface area contributed by atoms with Crippen LogP contribution in [0.4, 0.5) is 22.7 Å². The lowest BCUT2D eigenvalue weighted by Crippen LogP contribution is -2.07. The molecule has 0 aliphatic carbocycles. The molecule has 0 saturated carbocycles. The molecule has 0 bridgehead atoms. The van der Waals surface area contributed by atoms with Gasteiger partial charge in [0.2, 0.25) is 5.91 Å². The molecule has 0 atom stereocenters. The predicted molar refractivity (Wildman–Crippen MR) is 98.2 cm³/mol. The van der Waals surface area contributed by atoms with E-state index in [1.165, 1.54) is 42.5 Å². The van der Waals surface area contributed by atoms with Crippen LogP contribution in [0.2, 0.25) is 0 Å². The van der Waals surface area contributed by atoms with E-state index >= 15 is 0 Å². The van der Waals surface area contributed by atoms with E-state index in [2.05, 4.69) is 15.0 Å². The number of halogens is 4. The van der Waals surface area contributed by atoms with Crippen molar-refractivity contribution in [3.63, 3.8) is 0 Å². The van der Waals surface area contributed by atoms with Crippen molar-refractivity contribution in [2.75, 3.05) is 5.32 Å². The highest BCUT2D eigenvalue weighted by atomic mass is 32.1. The molecule has 0 unspecified atom stereocenters. The summed E-state index contributed by atoms with van der Waals surface area (Å²) in [7, 11) is 0. The van der Waals surface area contributed by atoms with E-state index in [0.29, 0.717) is 16.8 Å². The molecule has 144 valence electrons. The van der Waals surface area contributed by atoms with Gasteiger partial charge in [-0.15, -0.1) is 11.3 Å². The van der Waals surface area contributed by atoms with Crippen molar-refractivity contribution in [2.45, 2.75) is 6.61 Å². The van der Waals surface area contributed by atoms with Crippen molar-refractivity contribution in [1.29, 1.82) is 0 Å². The molecule has 4 nitrogen and oxygen atoms in total. The van der Waals surface area contributed by atoms with Gasteiger partial charge in [-0.2, -0.15) is 8.78 Å². The maximum absolute atomic E-state index is 13.3. The van der Waals surface area contributed by atoms with Gasteiger partial charge >= 0.3 is 6.61 Å². The highest BCUT2D eigenvalue weighted by molar-refractivity contribution is 7.14. The number of carbonyl (C=O) groups is 1. The zero-order valence-corrected chi connectivity index (χ0v) is 14.9. The topological polar surface area (TPSA) is 51.2 Å². The van der Waals surface area contributed by atoms with E-state index in [9.17, 15) is 22.4 Å². The Hall–Kier alpha value is -3.20. The van der Waals surface area contributed by atoms with Crippen LogP contribution in [-0.2, 0) is 4.79 Å². The summed E-state index contributed by atoms with van der Waals surface area (Å²) in [4.78, 5) is 16.1. The summed E-state index contributed by atoms with van der Waals surface area (Å²) in [6, 6.07) is 9.18. The second-order valence-corrected chi connectivity index (χ2v) is 6.30. The van der Waals surface area contributed by atoms with Crippen molar-refractivity contribution < 1.29 is 27.1 Å². The molecule has 1 aromatic heterocycles. The van der Waals surface area contributed by atoms with E-state index in [1.807, 2.05) is 0 Å². The largest absolute Gasteiger partial charge is 0.435 e. The van der Waals surface area contributed by atoms with Crippen molar-refractivity contribution >= 4 is 28.5 Å². The number of carbonyl (C=O) groups excluding carboxylic acids is 1. The number of nitrogens with one attached hydrogen (secondary N) is 1. The summed E-state index contributed by atoms with van der Waals surface area (Å²) < 4.78 is 54.7. The van der Waals surface area contributed by atoms with Crippen LogP contribution in [0.15, 0.2) is 53.9 Å². The number of ether oxygens (including phenoxy) is 1. The van der Waals surface area contributed by atoms with Gasteiger partial charge in [0.15, 0.2) is 16.8 Å². The molecule has 0 radical (unpaired) electrons. The highest BCUT2D eigenvalue weighted by Gasteiger charge is 2.09. The SMILES string of the molecule is O=C(/C=C/c1ccc(OC(F)F)cc1)Nc1nc(-c2ccc(F)c(F)c2)cs1. The normalized spacial score (nSPS) is 11.2. The Bertz CT molecular complexity index is 1000. The maximum atomic E-state index is 13.3. The Labute approximate surface area is 161 Å². The van der Waals surface area contributed by atoms with Gasteiger partial charge in [0.1, 0.15) is 5.75 Å². The number of hydrogen-bond donors (Lipinski definition) is 1. The second-order valence-electron chi connectivity index (χ2n) is 5.44. The molecular weight excluding hydrogens is 396 g/mol. The van der Waals surface area contributed by atoms with Crippen LogP contribution < -0.4 is 10.1 Å². The van der Waals surface area contributed by atoms with Gasteiger partial charge in [-0.3, -0.25) is 10.1 Å². The fraction of sp³-hybridized carbons (Fsp3) is 0.0526. The van der Waals surface area contributed by atoms with Gasteiger partial charge in [0.25, 0.3) is 0 Å². The number of benzene rings is 2. The van der Waals surface area contributed by atoms with Gasteiger partial charge < -0.3 is 4.74 Å². The number of rotatable bonds is 6. The summed E-state index contributed by atoms with van der Waals surface area (Å²) in [6.45, 7) is -2.90. The van der Waals surface area contributed by atoms with Gasteiger partial charge in [-0.25, -0.2) is 13.8 Å². The lowest BCUT2D eigenvalue weighted by molar-refractivity contribution is -0.111. The molecule has 2 aromatic carbocycles. The van der Waals surface area contributed by atoms with Crippen molar-refractivity contribution in [1.82, 2.24) is 4.98 Å². The van der Waals surface area contributed by atoms with E-state index in [4.69, 9.17) is 0 Å². The third-order valence-corrected chi connectivity index (χ3v) is 4.24. The van der Waals surface area contributed by atoms with Gasteiger partial charge in [0, 0.05) is 17.0 Å². The number of alkyl halides is 2. The monoisotopic (exact) mass is 408 g/mol. The maximum Gasteiger partial charge on any atom is 0.387 e. The minimum Gasteiger partial charge on any atom is -0.435 e. The van der Waals surface area contributed by atoms with Crippen molar-refractivity contribution in [3.05, 3.63) is 71.1 Å². The summed E-state index contributed by atoms with van der Waals surface area (Å²) >= 11 is 1.13. The first-order valence-electron chi connectivity index (χ1n) is 7.85. The molecule has 9 heteroatoms. The fourth-order valence-electron chi connectivity index (χ4n) is 2.20. The van der Waals surface area contributed by atoms with Crippen LogP contribution in [0.5, 0.6) is 5.75 Å². The minimum atomic E-state index is -2.90. The first-order chi connectivity index (χ1) is 13.4. The van der Waals surface area contributed by atoms with Gasteiger partial charge in [-0.05, 0) is 42.0 Å². The number of aromatic nitrogens is 1. The Morgan fingerprint density at radius 1 is 1.11 bits per heavy atom. The number of anilines is 1. The van der Waals surface area contributed by atoms with Crippen LogP contribution in [0.25, 0.3) is 17.3 Å². The first kappa shape index (κ1) is 19.6. The summed E-state index contributed by atoms with van der Waals surface area (Å²) in [5, 5.41) is 4.45. The van der Waals surface area contributed by atoms with Gasteiger partial charge in [0.05, 0.1) is 5.69 Å². The predicted octanol–water partition coefficient (Wildman–Crippen LogP) is 5.34. The van der Waals surface area contributed by atoms with Crippen LogP contribution in [-0.4, -0.2) is 17.5 Å². The molecule has 0 aliphatic heterocycles. The summed E-state index contributed by atoms with van der Waals surface area (Å²) in [5.74, 6) is -2.38.